The van der Waals surface area contributed by atoms with Crippen molar-refractivity contribution < 1.29 is 14.7 Å². The van der Waals surface area contributed by atoms with Gasteiger partial charge in [0.15, 0.2) is 0 Å². The standard InChI is InChI=1S/C15H17NO3/c1-3-9-16(14(17)7-8-15(18)19)11-13-6-4-5-12(2)10-13/h3-8,10H,1,9,11H2,2H3,(H,18,19)/b8-7+. The van der Waals surface area contributed by atoms with Crippen molar-refractivity contribution in [1.29, 1.82) is 0 Å². The van der Waals surface area contributed by atoms with Crippen LogP contribution in [-0.4, -0.2) is 28.4 Å². The van der Waals surface area contributed by atoms with E-state index < -0.39 is 5.97 Å². The first kappa shape index (κ1) is 14.7. The van der Waals surface area contributed by atoms with Crippen LogP contribution in [0.15, 0.2) is 49.1 Å². The largest absolute Gasteiger partial charge is 0.478 e. The van der Waals surface area contributed by atoms with Crippen molar-refractivity contribution in [3.8, 4) is 0 Å². The highest BCUT2D eigenvalue weighted by Gasteiger charge is 2.10. The zero-order valence-corrected chi connectivity index (χ0v) is 10.9. The number of aliphatic carboxylic acids is 1. The number of hydrogen-bond acceptors (Lipinski definition) is 2. The summed E-state index contributed by atoms with van der Waals surface area (Å²) < 4.78 is 0. The molecule has 1 amide bonds. The summed E-state index contributed by atoms with van der Waals surface area (Å²) in [5.41, 5.74) is 2.11. The summed E-state index contributed by atoms with van der Waals surface area (Å²) >= 11 is 0. The second-order valence-electron chi connectivity index (χ2n) is 4.17. The van der Waals surface area contributed by atoms with Gasteiger partial charge in [-0.3, -0.25) is 4.79 Å². The number of amides is 1. The van der Waals surface area contributed by atoms with Crippen LogP contribution in [-0.2, 0) is 16.1 Å². The zero-order valence-electron chi connectivity index (χ0n) is 10.9. The molecular formula is C15H17NO3. The Labute approximate surface area is 112 Å². The van der Waals surface area contributed by atoms with Crippen LogP contribution in [0.5, 0.6) is 0 Å². The fourth-order valence-corrected chi connectivity index (χ4v) is 1.67. The molecule has 19 heavy (non-hydrogen) atoms. The molecule has 0 spiro atoms. The maximum atomic E-state index is 11.9. The molecule has 0 aliphatic heterocycles. The molecule has 0 bridgehead atoms. The van der Waals surface area contributed by atoms with Gasteiger partial charge < -0.3 is 10.0 Å². The van der Waals surface area contributed by atoms with Crippen LogP contribution in [0, 0.1) is 6.92 Å². The molecule has 4 nitrogen and oxygen atoms in total. The molecular weight excluding hydrogens is 242 g/mol. The fourth-order valence-electron chi connectivity index (χ4n) is 1.67. The topological polar surface area (TPSA) is 57.6 Å². The van der Waals surface area contributed by atoms with Crippen molar-refractivity contribution in [3.63, 3.8) is 0 Å². The predicted octanol–water partition coefficient (Wildman–Crippen LogP) is 2.15. The number of rotatable bonds is 6. The van der Waals surface area contributed by atoms with Crippen LogP contribution in [0.25, 0.3) is 0 Å². The average Bonchev–Trinajstić information content (AvgIpc) is 2.35. The molecule has 1 rings (SSSR count). The SMILES string of the molecule is C=CCN(Cc1cccc(C)c1)C(=O)/C=C/C(=O)O. The van der Waals surface area contributed by atoms with Gasteiger partial charge in [-0.05, 0) is 12.5 Å². The van der Waals surface area contributed by atoms with Crippen LogP contribution in [0.3, 0.4) is 0 Å². The van der Waals surface area contributed by atoms with Crippen LogP contribution >= 0.6 is 0 Å². The van der Waals surface area contributed by atoms with Gasteiger partial charge in [0.05, 0.1) is 0 Å². The predicted molar refractivity (Wildman–Crippen MR) is 73.6 cm³/mol. The third kappa shape index (κ3) is 5.21. The first-order chi connectivity index (χ1) is 9.02. The lowest BCUT2D eigenvalue weighted by Gasteiger charge is -2.19. The van der Waals surface area contributed by atoms with E-state index in [0.29, 0.717) is 13.1 Å². The van der Waals surface area contributed by atoms with Crippen molar-refractivity contribution in [2.45, 2.75) is 13.5 Å². The summed E-state index contributed by atoms with van der Waals surface area (Å²) in [6.45, 7) is 6.38. The number of carbonyl (C=O) groups is 2. The molecule has 0 heterocycles. The van der Waals surface area contributed by atoms with Gasteiger partial charge in [-0.15, -0.1) is 6.58 Å². The normalized spacial score (nSPS) is 10.4. The quantitative estimate of drug-likeness (QED) is 0.629. The van der Waals surface area contributed by atoms with Gasteiger partial charge in [0.25, 0.3) is 0 Å². The maximum absolute atomic E-state index is 11.9. The molecule has 0 aliphatic rings. The van der Waals surface area contributed by atoms with E-state index in [2.05, 4.69) is 6.58 Å². The van der Waals surface area contributed by atoms with E-state index >= 15 is 0 Å². The summed E-state index contributed by atoms with van der Waals surface area (Å²) in [4.78, 5) is 23.8. The molecule has 0 fully saturated rings. The van der Waals surface area contributed by atoms with Crippen molar-refractivity contribution >= 4 is 11.9 Å². The highest BCUT2D eigenvalue weighted by Crippen LogP contribution is 2.08. The second kappa shape index (κ2) is 7.16. The summed E-state index contributed by atoms with van der Waals surface area (Å²) in [6.07, 6.45) is 3.51. The molecule has 100 valence electrons. The molecule has 0 radical (unpaired) electrons. The molecule has 0 saturated carbocycles. The molecule has 0 saturated heterocycles. The molecule has 0 unspecified atom stereocenters. The van der Waals surface area contributed by atoms with E-state index in [-0.39, 0.29) is 5.91 Å². The minimum Gasteiger partial charge on any atom is -0.478 e. The Morgan fingerprint density at radius 3 is 2.68 bits per heavy atom. The molecule has 1 N–H and O–H groups in total. The van der Waals surface area contributed by atoms with Crippen molar-refractivity contribution in [2.24, 2.45) is 0 Å². The maximum Gasteiger partial charge on any atom is 0.328 e. The smallest absolute Gasteiger partial charge is 0.328 e. The van der Waals surface area contributed by atoms with Crippen molar-refractivity contribution in [2.75, 3.05) is 6.54 Å². The van der Waals surface area contributed by atoms with Gasteiger partial charge in [-0.2, -0.15) is 0 Å². The Hall–Kier alpha value is -2.36. The van der Waals surface area contributed by atoms with E-state index in [1.165, 1.54) is 4.90 Å². The number of aryl methyl sites for hydroxylation is 1. The summed E-state index contributed by atoms with van der Waals surface area (Å²) in [7, 11) is 0. The first-order valence-corrected chi connectivity index (χ1v) is 5.89. The number of benzene rings is 1. The summed E-state index contributed by atoms with van der Waals surface area (Å²) in [6, 6.07) is 7.82. The van der Waals surface area contributed by atoms with E-state index in [1.807, 2.05) is 31.2 Å². The highest BCUT2D eigenvalue weighted by atomic mass is 16.4. The van der Waals surface area contributed by atoms with Gasteiger partial charge in [-0.25, -0.2) is 4.79 Å². The number of carboxylic acids is 1. The highest BCUT2D eigenvalue weighted by molar-refractivity contribution is 5.93. The minimum absolute atomic E-state index is 0.344. The molecule has 0 atom stereocenters. The molecule has 0 aromatic heterocycles. The van der Waals surface area contributed by atoms with Gasteiger partial charge in [0.1, 0.15) is 0 Å². The zero-order chi connectivity index (χ0) is 14.3. The molecule has 0 aliphatic carbocycles. The van der Waals surface area contributed by atoms with Gasteiger partial charge in [0.2, 0.25) is 5.91 Å². The number of nitrogens with zero attached hydrogens (tertiary/aromatic N) is 1. The second-order valence-corrected chi connectivity index (χ2v) is 4.17. The summed E-state index contributed by atoms with van der Waals surface area (Å²) in [5.74, 6) is -1.48. The molecule has 1 aromatic carbocycles. The van der Waals surface area contributed by atoms with Crippen molar-refractivity contribution in [3.05, 3.63) is 60.2 Å². The molecule has 4 heteroatoms. The van der Waals surface area contributed by atoms with E-state index in [1.54, 1.807) is 6.08 Å². The minimum atomic E-state index is -1.14. The van der Waals surface area contributed by atoms with Crippen LogP contribution in [0.4, 0.5) is 0 Å². The van der Waals surface area contributed by atoms with Gasteiger partial charge in [-0.1, -0.05) is 35.9 Å². The third-order valence-electron chi connectivity index (χ3n) is 2.49. The average molecular weight is 259 g/mol. The van der Waals surface area contributed by atoms with E-state index in [9.17, 15) is 9.59 Å². The Morgan fingerprint density at radius 1 is 1.37 bits per heavy atom. The number of hydrogen-bond donors (Lipinski definition) is 1. The Bertz CT molecular complexity index is 506. The number of carboxylic acid groups (broad SMARTS) is 1. The van der Waals surface area contributed by atoms with E-state index in [4.69, 9.17) is 5.11 Å². The Balaban J connectivity index is 2.80. The van der Waals surface area contributed by atoms with Gasteiger partial charge >= 0.3 is 5.97 Å². The lowest BCUT2D eigenvalue weighted by atomic mass is 10.1. The van der Waals surface area contributed by atoms with Crippen molar-refractivity contribution in [1.82, 2.24) is 4.90 Å². The molecule has 1 aromatic rings. The van der Waals surface area contributed by atoms with Gasteiger partial charge in [0, 0.05) is 25.2 Å². The van der Waals surface area contributed by atoms with Crippen LogP contribution < -0.4 is 0 Å². The monoisotopic (exact) mass is 259 g/mol. The van der Waals surface area contributed by atoms with Crippen LogP contribution in [0.1, 0.15) is 11.1 Å². The Morgan fingerprint density at radius 2 is 2.11 bits per heavy atom. The fraction of sp³-hybridized carbons (Fsp3) is 0.200. The Kier molecular flexibility index (Phi) is 5.54. The third-order valence-corrected chi connectivity index (χ3v) is 2.49. The lowest BCUT2D eigenvalue weighted by molar-refractivity contribution is -0.132. The van der Waals surface area contributed by atoms with Crippen LogP contribution in [0.2, 0.25) is 0 Å². The lowest BCUT2D eigenvalue weighted by Crippen LogP contribution is -2.29. The first-order valence-electron chi connectivity index (χ1n) is 5.89. The summed E-state index contributed by atoms with van der Waals surface area (Å²) in [5, 5.41) is 8.52. The van der Waals surface area contributed by atoms with E-state index in [0.717, 1.165) is 23.3 Å². The number of carbonyl (C=O) groups excluding carboxylic acids is 1.